The molecule has 2 heteroatoms. The molecule has 0 bridgehead atoms. The van der Waals surface area contributed by atoms with Gasteiger partial charge < -0.3 is 10.1 Å². The molecule has 0 heterocycles. The number of hydrogen-bond donors (Lipinski definition) is 1. The van der Waals surface area contributed by atoms with E-state index in [-0.39, 0.29) is 0 Å². The highest BCUT2D eigenvalue weighted by Crippen LogP contribution is 2.22. The molecule has 2 nitrogen and oxygen atoms in total. The molecule has 0 radical (unpaired) electrons. The second kappa shape index (κ2) is 7.84. The van der Waals surface area contributed by atoms with Crippen molar-refractivity contribution in [3.8, 4) is 5.75 Å². The summed E-state index contributed by atoms with van der Waals surface area (Å²) < 4.78 is 5.23. The molecule has 0 aliphatic carbocycles. The number of rotatable bonds is 7. The lowest BCUT2D eigenvalue weighted by molar-refractivity contribution is 0.414. The summed E-state index contributed by atoms with van der Waals surface area (Å²) >= 11 is 0. The van der Waals surface area contributed by atoms with Gasteiger partial charge in [0.25, 0.3) is 0 Å². The van der Waals surface area contributed by atoms with Crippen molar-refractivity contribution in [2.75, 3.05) is 13.7 Å². The molecule has 0 fully saturated rings. The van der Waals surface area contributed by atoms with E-state index in [1.54, 1.807) is 7.11 Å². The highest BCUT2D eigenvalue weighted by atomic mass is 16.5. The molecule has 112 valence electrons. The van der Waals surface area contributed by atoms with Gasteiger partial charge in [-0.15, -0.1) is 0 Å². The minimum atomic E-state index is 0.488. The Hall–Kier alpha value is -1.80. The lowest BCUT2D eigenvalue weighted by atomic mass is 9.91. The van der Waals surface area contributed by atoms with Crippen LogP contribution < -0.4 is 10.1 Å². The molecule has 1 atom stereocenters. The third-order valence-electron chi connectivity index (χ3n) is 3.68. The van der Waals surface area contributed by atoms with E-state index in [4.69, 9.17) is 4.74 Å². The zero-order valence-corrected chi connectivity index (χ0v) is 13.2. The summed E-state index contributed by atoms with van der Waals surface area (Å²) in [6, 6.07) is 19.6. The number of ether oxygens (including phenoxy) is 1. The van der Waals surface area contributed by atoms with Crippen molar-refractivity contribution in [3.05, 3.63) is 65.7 Å². The Bertz CT molecular complexity index is 519. The van der Waals surface area contributed by atoms with Gasteiger partial charge in [0.05, 0.1) is 7.11 Å². The Morgan fingerprint density at radius 2 is 1.62 bits per heavy atom. The van der Waals surface area contributed by atoms with Crippen molar-refractivity contribution >= 4 is 0 Å². The van der Waals surface area contributed by atoms with E-state index in [0.717, 1.165) is 18.7 Å². The quantitative estimate of drug-likeness (QED) is 0.828. The number of methoxy groups -OCH3 is 1. The van der Waals surface area contributed by atoms with Gasteiger partial charge in [-0.3, -0.25) is 0 Å². The summed E-state index contributed by atoms with van der Waals surface area (Å²) in [5, 5.41) is 3.56. The molecule has 2 rings (SSSR count). The van der Waals surface area contributed by atoms with Crippen molar-refractivity contribution in [1.29, 1.82) is 0 Å². The standard InChI is InChI=1S/C19H25NO/c1-15(2)20-14-18(17-7-5-4-6-8-17)13-16-9-11-19(21-3)12-10-16/h4-12,15,18,20H,13-14H2,1-3H3. The number of benzene rings is 2. The third kappa shape index (κ3) is 4.91. The van der Waals surface area contributed by atoms with Gasteiger partial charge in [-0.25, -0.2) is 0 Å². The van der Waals surface area contributed by atoms with Gasteiger partial charge in [0.15, 0.2) is 0 Å². The molecule has 1 N–H and O–H groups in total. The molecular weight excluding hydrogens is 258 g/mol. The Balaban J connectivity index is 2.10. The zero-order chi connectivity index (χ0) is 15.1. The average molecular weight is 283 g/mol. The molecule has 1 unspecified atom stereocenters. The predicted octanol–water partition coefficient (Wildman–Crippen LogP) is 4.02. The molecule has 0 spiro atoms. The minimum absolute atomic E-state index is 0.488. The van der Waals surface area contributed by atoms with Crippen LogP contribution in [0.2, 0.25) is 0 Å². The molecule has 0 amide bonds. The van der Waals surface area contributed by atoms with Crippen LogP contribution >= 0.6 is 0 Å². The molecule has 2 aromatic carbocycles. The Morgan fingerprint density at radius 1 is 0.952 bits per heavy atom. The summed E-state index contributed by atoms with van der Waals surface area (Å²) in [5.74, 6) is 1.40. The van der Waals surface area contributed by atoms with Crippen LogP contribution in [0, 0.1) is 0 Å². The van der Waals surface area contributed by atoms with E-state index in [9.17, 15) is 0 Å². The fourth-order valence-electron chi connectivity index (χ4n) is 2.46. The lowest BCUT2D eigenvalue weighted by Gasteiger charge is -2.20. The largest absolute Gasteiger partial charge is 0.497 e. The van der Waals surface area contributed by atoms with Gasteiger partial charge in [0.2, 0.25) is 0 Å². The van der Waals surface area contributed by atoms with E-state index in [1.807, 2.05) is 12.1 Å². The molecule has 0 aromatic heterocycles. The Morgan fingerprint density at radius 3 is 2.19 bits per heavy atom. The Kier molecular flexibility index (Phi) is 5.82. The molecule has 0 saturated carbocycles. The first-order valence-electron chi connectivity index (χ1n) is 7.60. The van der Waals surface area contributed by atoms with Crippen LogP contribution in [0.4, 0.5) is 0 Å². The van der Waals surface area contributed by atoms with Crippen LogP contribution in [0.15, 0.2) is 54.6 Å². The number of nitrogens with one attached hydrogen (secondary N) is 1. The van der Waals surface area contributed by atoms with E-state index < -0.39 is 0 Å². The highest BCUT2D eigenvalue weighted by Gasteiger charge is 2.12. The minimum Gasteiger partial charge on any atom is -0.497 e. The van der Waals surface area contributed by atoms with E-state index in [0.29, 0.717) is 12.0 Å². The Labute approximate surface area is 128 Å². The second-order valence-corrected chi connectivity index (χ2v) is 5.72. The smallest absolute Gasteiger partial charge is 0.118 e. The van der Waals surface area contributed by atoms with E-state index in [2.05, 4.69) is 61.6 Å². The first-order chi connectivity index (χ1) is 10.2. The monoisotopic (exact) mass is 283 g/mol. The SMILES string of the molecule is COc1ccc(CC(CNC(C)C)c2ccccc2)cc1. The fraction of sp³-hybridized carbons (Fsp3) is 0.368. The van der Waals surface area contributed by atoms with Crippen LogP contribution in [-0.4, -0.2) is 19.7 Å². The molecule has 0 aliphatic rings. The summed E-state index contributed by atoms with van der Waals surface area (Å²) in [5.41, 5.74) is 2.73. The molecule has 2 aromatic rings. The number of hydrogen-bond acceptors (Lipinski definition) is 2. The summed E-state index contributed by atoms with van der Waals surface area (Å²) in [6.07, 6.45) is 1.04. The predicted molar refractivity (Wildman–Crippen MR) is 89.0 cm³/mol. The van der Waals surface area contributed by atoms with Crippen molar-refractivity contribution in [3.63, 3.8) is 0 Å². The van der Waals surface area contributed by atoms with Gasteiger partial charge in [0, 0.05) is 18.5 Å². The lowest BCUT2D eigenvalue weighted by Crippen LogP contribution is -2.28. The van der Waals surface area contributed by atoms with Crippen molar-refractivity contribution < 1.29 is 4.74 Å². The summed E-state index contributed by atoms with van der Waals surface area (Å²) in [4.78, 5) is 0. The highest BCUT2D eigenvalue weighted by molar-refractivity contribution is 5.30. The van der Waals surface area contributed by atoms with Crippen LogP contribution in [0.5, 0.6) is 5.75 Å². The zero-order valence-electron chi connectivity index (χ0n) is 13.2. The van der Waals surface area contributed by atoms with Crippen LogP contribution in [0.3, 0.4) is 0 Å². The third-order valence-corrected chi connectivity index (χ3v) is 3.68. The van der Waals surface area contributed by atoms with Crippen LogP contribution in [0.25, 0.3) is 0 Å². The van der Waals surface area contributed by atoms with Crippen LogP contribution in [-0.2, 0) is 6.42 Å². The molecule has 0 saturated heterocycles. The molecule has 0 aliphatic heterocycles. The maximum atomic E-state index is 5.23. The fourth-order valence-corrected chi connectivity index (χ4v) is 2.46. The van der Waals surface area contributed by atoms with Crippen molar-refractivity contribution in [2.45, 2.75) is 32.2 Å². The molecule has 21 heavy (non-hydrogen) atoms. The van der Waals surface area contributed by atoms with Gasteiger partial charge in [0.1, 0.15) is 5.75 Å². The summed E-state index contributed by atoms with van der Waals surface area (Å²) in [6.45, 7) is 5.37. The average Bonchev–Trinajstić information content (AvgIpc) is 2.52. The maximum Gasteiger partial charge on any atom is 0.118 e. The normalized spacial score (nSPS) is 12.4. The van der Waals surface area contributed by atoms with E-state index >= 15 is 0 Å². The van der Waals surface area contributed by atoms with Gasteiger partial charge >= 0.3 is 0 Å². The maximum absolute atomic E-state index is 5.23. The van der Waals surface area contributed by atoms with Crippen molar-refractivity contribution in [1.82, 2.24) is 5.32 Å². The van der Waals surface area contributed by atoms with Gasteiger partial charge in [-0.2, -0.15) is 0 Å². The first kappa shape index (κ1) is 15.6. The first-order valence-corrected chi connectivity index (χ1v) is 7.60. The van der Waals surface area contributed by atoms with Gasteiger partial charge in [-0.05, 0) is 29.7 Å². The summed E-state index contributed by atoms with van der Waals surface area (Å²) in [7, 11) is 1.70. The van der Waals surface area contributed by atoms with E-state index in [1.165, 1.54) is 11.1 Å². The van der Waals surface area contributed by atoms with Crippen molar-refractivity contribution in [2.24, 2.45) is 0 Å². The topological polar surface area (TPSA) is 21.3 Å². The molecular formula is C19H25NO. The van der Waals surface area contributed by atoms with Gasteiger partial charge in [-0.1, -0.05) is 56.3 Å². The van der Waals surface area contributed by atoms with Crippen LogP contribution in [0.1, 0.15) is 30.9 Å². The second-order valence-electron chi connectivity index (χ2n) is 5.72.